The van der Waals surface area contributed by atoms with Gasteiger partial charge in [-0.05, 0) is 37.3 Å². The van der Waals surface area contributed by atoms with Gasteiger partial charge in [-0.25, -0.2) is 8.78 Å². The molecule has 1 N–H and O–H groups in total. The zero-order valence-electron chi connectivity index (χ0n) is 8.82. The van der Waals surface area contributed by atoms with Gasteiger partial charge in [0.15, 0.2) is 0 Å². The molecule has 0 aliphatic heterocycles. The first-order chi connectivity index (χ1) is 7.66. The Hall–Kier alpha value is -1.84. The molecule has 0 bridgehead atoms. The third-order valence-corrected chi connectivity index (χ3v) is 2.37. The molecule has 0 amide bonds. The van der Waals surface area contributed by atoms with Gasteiger partial charge >= 0.3 is 0 Å². The SMILES string of the molecule is CC(Nn1cccc1)c1cc(F)ccc1F. The Balaban J connectivity index is 2.20. The van der Waals surface area contributed by atoms with Crippen molar-refractivity contribution in [3.63, 3.8) is 0 Å². The minimum atomic E-state index is -0.433. The van der Waals surface area contributed by atoms with Gasteiger partial charge in [-0.2, -0.15) is 0 Å². The Morgan fingerprint density at radius 2 is 1.88 bits per heavy atom. The molecule has 0 saturated heterocycles. The number of benzene rings is 1. The highest BCUT2D eigenvalue weighted by Crippen LogP contribution is 2.18. The summed E-state index contributed by atoms with van der Waals surface area (Å²) in [5.74, 6) is -0.842. The highest BCUT2D eigenvalue weighted by atomic mass is 19.1. The van der Waals surface area contributed by atoms with Crippen LogP contribution in [0.25, 0.3) is 0 Å². The summed E-state index contributed by atoms with van der Waals surface area (Å²) in [6, 6.07) is 6.85. The van der Waals surface area contributed by atoms with E-state index in [4.69, 9.17) is 0 Å². The summed E-state index contributed by atoms with van der Waals surface area (Å²) in [6.45, 7) is 1.78. The van der Waals surface area contributed by atoms with E-state index in [1.807, 2.05) is 12.1 Å². The fourth-order valence-corrected chi connectivity index (χ4v) is 1.56. The standard InChI is InChI=1S/C12H12F2N2/c1-9(15-16-6-2-3-7-16)11-8-10(13)4-5-12(11)14/h2-9,15H,1H3. The Labute approximate surface area is 92.5 Å². The molecule has 0 fully saturated rings. The van der Waals surface area contributed by atoms with Crippen LogP contribution in [0.1, 0.15) is 18.5 Å². The second kappa shape index (κ2) is 4.35. The van der Waals surface area contributed by atoms with Crippen LogP contribution in [0.5, 0.6) is 0 Å². The van der Waals surface area contributed by atoms with E-state index < -0.39 is 11.6 Å². The van der Waals surface area contributed by atoms with Crippen LogP contribution < -0.4 is 5.43 Å². The Morgan fingerprint density at radius 3 is 2.56 bits per heavy atom. The van der Waals surface area contributed by atoms with Gasteiger partial charge in [0.1, 0.15) is 11.6 Å². The second-order valence-electron chi connectivity index (χ2n) is 3.61. The summed E-state index contributed by atoms with van der Waals surface area (Å²) >= 11 is 0. The zero-order chi connectivity index (χ0) is 11.5. The van der Waals surface area contributed by atoms with Crippen LogP contribution in [0.4, 0.5) is 8.78 Å². The monoisotopic (exact) mass is 222 g/mol. The van der Waals surface area contributed by atoms with Crippen molar-refractivity contribution >= 4 is 0 Å². The van der Waals surface area contributed by atoms with E-state index >= 15 is 0 Å². The van der Waals surface area contributed by atoms with Gasteiger partial charge in [-0.3, -0.25) is 4.68 Å². The number of halogens is 2. The lowest BCUT2D eigenvalue weighted by Gasteiger charge is -2.17. The summed E-state index contributed by atoms with van der Waals surface area (Å²) in [5, 5.41) is 0. The van der Waals surface area contributed by atoms with Gasteiger partial charge in [0.05, 0.1) is 6.04 Å². The molecule has 1 atom stereocenters. The molecule has 0 aliphatic carbocycles. The fraction of sp³-hybridized carbons (Fsp3) is 0.167. The van der Waals surface area contributed by atoms with Crippen molar-refractivity contribution < 1.29 is 8.78 Å². The van der Waals surface area contributed by atoms with E-state index in [1.165, 1.54) is 6.07 Å². The van der Waals surface area contributed by atoms with E-state index in [0.29, 0.717) is 5.56 Å². The second-order valence-corrected chi connectivity index (χ2v) is 3.61. The normalized spacial score (nSPS) is 12.4. The van der Waals surface area contributed by atoms with Crippen molar-refractivity contribution in [2.45, 2.75) is 13.0 Å². The smallest absolute Gasteiger partial charge is 0.128 e. The molecule has 1 heterocycles. The number of nitrogens with zero attached hydrogens (tertiary/aromatic N) is 1. The van der Waals surface area contributed by atoms with Crippen LogP contribution in [0, 0.1) is 11.6 Å². The van der Waals surface area contributed by atoms with Crippen molar-refractivity contribution in [3.05, 3.63) is 59.9 Å². The van der Waals surface area contributed by atoms with Crippen LogP contribution in [0.15, 0.2) is 42.7 Å². The maximum absolute atomic E-state index is 13.4. The van der Waals surface area contributed by atoms with Crippen LogP contribution in [-0.2, 0) is 0 Å². The lowest BCUT2D eigenvalue weighted by Crippen LogP contribution is -2.18. The van der Waals surface area contributed by atoms with Crippen LogP contribution >= 0.6 is 0 Å². The van der Waals surface area contributed by atoms with Gasteiger partial charge < -0.3 is 5.43 Å². The largest absolute Gasteiger partial charge is 0.319 e. The van der Waals surface area contributed by atoms with Crippen LogP contribution in [0.2, 0.25) is 0 Å². The summed E-state index contributed by atoms with van der Waals surface area (Å²) in [4.78, 5) is 0. The number of hydrogen-bond acceptors (Lipinski definition) is 1. The molecule has 16 heavy (non-hydrogen) atoms. The van der Waals surface area contributed by atoms with Gasteiger partial charge in [0.2, 0.25) is 0 Å². The van der Waals surface area contributed by atoms with E-state index in [1.54, 1.807) is 24.0 Å². The van der Waals surface area contributed by atoms with Crippen molar-refractivity contribution in [3.8, 4) is 0 Å². The quantitative estimate of drug-likeness (QED) is 0.844. The van der Waals surface area contributed by atoms with E-state index in [2.05, 4.69) is 5.43 Å². The molecular formula is C12H12F2N2. The minimum Gasteiger partial charge on any atom is -0.319 e. The van der Waals surface area contributed by atoms with Crippen molar-refractivity contribution in [2.24, 2.45) is 0 Å². The Bertz CT molecular complexity index is 466. The molecule has 0 aliphatic rings. The first-order valence-corrected chi connectivity index (χ1v) is 5.01. The Kier molecular flexibility index (Phi) is 2.90. The van der Waals surface area contributed by atoms with E-state index in [0.717, 1.165) is 12.1 Å². The molecule has 2 aromatic rings. The summed E-state index contributed by atoms with van der Waals surface area (Å²) in [7, 11) is 0. The predicted molar refractivity (Wildman–Crippen MR) is 58.6 cm³/mol. The average Bonchev–Trinajstić information content (AvgIpc) is 2.74. The van der Waals surface area contributed by atoms with Crippen molar-refractivity contribution in [1.29, 1.82) is 0 Å². The molecule has 4 heteroatoms. The van der Waals surface area contributed by atoms with Crippen LogP contribution in [-0.4, -0.2) is 4.68 Å². The number of aromatic nitrogens is 1. The molecule has 2 nitrogen and oxygen atoms in total. The molecule has 84 valence electrons. The highest BCUT2D eigenvalue weighted by molar-refractivity contribution is 5.23. The molecule has 2 rings (SSSR count). The highest BCUT2D eigenvalue weighted by Gasteiger charge is 2.11. The number of nitrogens with one attached hydrogen (secondary N) is 1. The lowest BCUT2D eigenvalue weighted by atomic mass is 10.1. The average molecular weight is 222 g/mol. The van der Waals surface area contributed by atoms with Gasteiger partial charge in [0.25, 0.3) is 0 Å². The van der Waals surface area contributed by atoms with E-state index in [-0.39, 0.29) is 6.04 Å². The Morgan fingerprint density at radius 1 is 1.19 bits per heavy atom. The first kappa shape index (κ1) is 10.7. The molecule has 1 unspecified atom stereocenters. The summed E-state index contributed by atoms with van der Waals surface area (Å²) < 4.78 is 28.1. The van der Waals surface area contributed by atoms with Crippen molar-refractivity contribution in [1.82, 2.24) is 4.68 Å². The predicted octanol–water partition coefficient (Wildman–Crippen LogP) is 3.07. The maximum atomic E-state index is 13.4. The third kappa shape index (κ3) is 2.21. The summed E-state index contributed by atoms with van der Waals surface area (Å²) in [6.07, 6.45) is 3.60. The van der Waals surface area contributed by atoms with Gasteiger partial charge in [-0.15, -0.1) is 0 Å². The summed E-state index contributed by atoms with van der Waals surface area (Å²) in [5.41, 5.74) is 3.33. The number of hydrogen-bond donors (Lipinski definition) is 1. The molecule has 0 spiro atoms. The first-order valence-electron chi connectivity index (χ1n) is 5.01. The van der Waals surface area contributed by atoms with Crippen LogP contribution in [0.3, 0.4) is 0 Å². The topological polar surface area (TPSA) is 17.0 Å². The van der Waals surface area contributed by atoms with Crippen molar-refractivity contribution in [2.75, 3.05) is 5.43 Å². The number of rotatable bonds is 3. The third-order valence-electron chi connectivity index (χ3n) is 2.37. The zero-order valence-corrected chi connectivity index (χ0v) is 8.82. The van der Waals surface area contributed by atoms with E-state index in [9.17, 15) is 8.78 Å². The molecule has 0 saturated carbocycles. The fourth-order valence-electron chi connectivity index (χ4n) is 1.56. The molecule has 1 aromatic carbocycles. The molecule has 1 aromatic heterocycles. The van der Waals surface area contributed by atoms with Gasteiger partial charge in [0, 0.05) is 18.0 Å². The minimum absolute atomic E-state index is 0.303. The lowest BCUT2D eigenvalue weighted by molar-refractivity contribution is 0.568. The van der Waals surface area contributed by atoms with Gasteiger partial charge in [-0.1, -0.05) is 0 Å². The molecular weight excluding hydrogens is 210 g/mol. The molecule has 0 radical (unpaired) electrons. The maximum Gasteiger partial charge on any atom is 0.128 e.